The van der Waals surface area contributed by atoms with E-state index in [2.05, 4.69) is 30.8 Å². The normalized spacial score (nSPS) is 14.9. The fourth-order valence-electron chi connectivity index (χ4n) is 4.99. The molecule has 1 saturated heterocycles. The summed E-state index contributed by atoms with van der Waals surface area (Å²) in [6, 6.07) is 4.10. The number of aryl methyl sites for hydroxylation is 3. The predicted octanol–water partition coefficient (Wildman–Crippen LogP) is 4.14. The van der Waals surface area contributed by atoms with Gasteiger partial charge in [0.1, 0.15) is 0 Å². The average Bonchev–Trinajstić information content (AvgIpc) is 3.54. The quantitative estimate of drug-likeness (QED) is 0.383. The van der Waals surface area contributed by atoms with E-state index in [1.54, 1.807) is 13.0 Å². The number of nitrogens with zero attached hydrogens (tertiary/aromatic N) is 7. The molecule has 3 heterocycles. The van der Waals surface area contributed by atoms with Crippen LogP contribution < -0.4 is 0 Å². The molecule has 1 aliphatic rings. The van der Waals surface area contributed by atoms with Crippen LogP contribution in [0.2, 0.25) is 0 Å². The molecular formula is C25H33F3N8O. The molecule has 0 spiro atoms. The number of unbranched alkanes of at least 4 members (excludes halogenated alkanes) is 2. The van der Waals surface area contributed by atoms with Crippen molar-refractivity contribution < 1.29 is 18.0 Å². The summed E-state index contributed by atoms with van der Waals surface area (Å²) < 4.78 is 41.1. The fourth-order valence-corrected chi connectivity index (χ4v) is 4.99. The number of carbonyl (C=O) groups excluding carboxylic acids is 1. The zero-order valence-electron chi connectivity index (χ0n) is 21.0. The minimum Gasteiger partial charge on any atom is -0.343 e. The standard InChI is InChI=1S/C25H33F3N8O/c1-18-30-34-36(32-18)17-22-20(7-5-9-23(22)25(26,27)28)10-11-24(37)35-14-12-19(13-15-35)6-3-2-4-8-21-16-29-33-31-21/h5,7,9,16,19H,2-4,6,8,10-15,17H2,1H3,(H,29,31,33). The van der Waals surface area contributed by atoms with Crippen LogP contribution in [0.3, 0.4) is 0 Å². The number of alkyl halides is 3. The molecule has 0 saturated carbocycles. The molecule has 0 unspecified atom stereocenters. The van der Waals surface area contributed by atoms with Crippen molar-refractivity contribution in [1.29, 1.82) is 0 Å². The maximum Gasteiger partial charge on any atom is 0.416 e. The Morgan fingerprint density at radius 1 is 1.11 bits per heavy atom. The van der Waals surface area contributed by atoms with Gasteiger partial charge in [0.15, 0.2) is 5.82 Å². The van der Waals surface area contributed by atoms with Crippen LogP contribution in [0.1, 0.15) is 73.2 Å². The molecule has 9 nitrogen and oxygen atoms in total. The highest BCUT2D eigenvalue weighted by molar-refractivity contribution is 5.76. The Bertz CT molecular complexity index is 1140. The number of piperidine rings is 1. The zero-order valence-corrected chi connectivity index (χ0v) is 21.0. The van der Waals surface area contributed by atoms with Gasteiger partial charge in [-0.25, -0.2) is 0 Å². The van der Waals surface area contributed by atoms with Gasteiger partial charge in [0.05, 0.1) is 17.8 Å². The van der Waals surface area contributed by atoms with Crippen LogP contribution in [-0.4, -0.2) is 59.5 Å². The van der Waals surface area contributed by atoms with Crippen molar-refractivity contribution in [2.24, 2.45) is 5.92 Å². The summed E-state index contributed by atoms with van der Waals surface area (Å²) in [6.45, 7) is 2.90. The number of aromatic amines is 1. The van der Waals surface area contributed by atoms with Crippen molar-refractivity contribution in [3.8, 4) is 0 Å². The predicted molar refractivity (Wildman–Crippen MR) is 129 cm³/mol. The fraction of sp³-hybridized carbons (Fsp3) is 0.600. The Balaban J connectivity index is 1.25. The molecule has 4 rings (SSSR count). The smallest absolute Gasteiger partial charge is 0.343 e. The van der Waals surface area contributed by atoms with E-state index in [0.29, 0.717) is 30.4 Å². The summed E-state index contributed by atoms with van der Waals surface area (Å²) in [5, 5.41) is 22.1. The molecule has 12 heteroatoms. The lowest BCUT2D eigenvalue weighted by Crippen LogP contribution is -2.38. The number of hydrogen-bond donors (Lipinski definition) is 1. The number of benzene rings is 1. The molecule has 0 radical (unpaired) electrons. The lowest BCUT2D eigenvalue weighted by molar-refractivity contribution is -0.138. The number of H-pyrrole nitrogens is 1. The summed E-state index contributed by atoms with van der Waals surface area (Å²) >= 11 is 0. The third-order valence-electron chi connectivity index (χ3n) is 7.02. The highest BCUT2D eigenvalue weighted by atomic mass is 19.4. The molecule has 37 heavy (non-hydrogen) atoms. The molecule has 3 aromatic rings. The number of likely N-dealkylation sites (tertiary alicyclic amines) is 1. The number of nitrogens with one attached hydrogen (secondary N) is 1. The molecular weight excluding hydrogens is 485 g/mol. The zero-order chi connectivity index (χ0) is 26.3. The SMILES string of the molecule is Cc1nnn(Cc2c(CCC(=O)N3CCC(CCCCCc4c[nH]nn4)CC3)cccc2C(F)(F)F)n1. The largest absolute Gasteiger partial charge is 0.416 e. The first-order chi connectivity index (χ1) is 17.8. The number of amides is 1. The van der Waals surface area contributed by atoms with Crippen molar-refractivity contribution in [2.75, 3.05) is 13.1 Å². The summed E-state index contributed by atoms with van der Waals surface area (Å²) in [5.41, 5.74) is 0.838. The molecule has 2 aromatic heterocycles. The summed E-state index contributed by atoms with van der Waals surface area (Å²) in [6.07, 6.45) is 5.16. The number of rotatable bonds is 11. The van der Waals surface area contributed by atoms with Crippen LogP contribution in [0.15, 0.2) is 24.4 Å². The monoisotopic (exact) mass is 518 g/mol. The van der Waals surface area contributed by atoms with Crippen LogP contribution >= 0.6 is 0 Å². The van der Waals surface area contributed by atoms with Crippen LogP contribution in [-0.2, 0) is 30.4 Å². The number of halogens is 3. The van der Waals surface area contributed by atoms with Crippen LogP contribution in [0, 0.1) is 12.8 Å². The molecule has 1 fully saturated rings. The van der Waals surface area contributed by atoms with E-state index < -0.39 is 11.7 Å². The van der Waals surface area contributed by atoms with E-state index in [9.17, 15) is 18.0 Å². The minimum absolute atomic E-state index is 0.0100. The van der Waals surface area contributed by atoms with Gasteiger partial charge in [-0.05, 0) is 67.4 Å². The lowest BCUT2D eigenvalue weighted by atomic mass is 9.90. The van der Waals surface area contributed by atoms with E-state index in [1.807, 2.05) is 11.1 Å². The van der Waals surface area contributed by atoms with Crippen molar-refractivity contribution in [1.82, 2.24) is 40.5 Å². The first kappa shape index (κ1) is 26.7. The average molecular weight is 519 g/mol. The van der Waals surface area contributed by atoms with E-state index in [-0.39, 0.29) is 30.9 Å². The Hall–Kier alpha value is -3.31. The molecule has 1 aromatic carbocycles. The third-order valence-corrected chi connectivity index (χ3v) is 7.02. The van der Waals surface area contributed by atoms with Gasteiger partial charge in [-0.2, -0.15) is 18.0 Å². The molecule has 1 aliphatic heterocycles. The number of hydrogen-bond acceptors (Lipinski definition) is 6. The Labute approximate surface area is 213 Å². The van der Waals surface area contributed by atoms with Gasteiger partial charge in [-0.1, -0.05) is 36.6 Å². The lowest BCUT2D eigenvalue weighted by Gasteiger charge is -2.32. The number of tetrazole rings is 1. The topological polar surface area (TPSA) is 105 Å². The number of carbonyl (C=O) groups is 1. The Morgan fingerprint density at radius 2 is 1.92 bits per heavy atom. The maximum atomic E-state index is 13.7. The molecule has 1 amide bonds. The highest BCUT2D eigenvalue weighted by Crippen LogP contribution is 2.34. The van der Waals surface area contributed by atoms with Gasteiger partial charge < -0.3 is 4.90 Å². The summed E-state index contributed by atoms with van der Waals surface area (Å²) in [4.78, 5) is 15.9. The molecule has 200 valence electrons. The molecule has 1 N–H and O–H groups in total. The van der Waals surface area contributed by atoms with E-state index >= 15 is 0 Å². The van der Waals surface area contributed by atoms with E-state index in [4.69, 9.17) is 0 Å². The van der Waals surface area contributed by atoms with Crippen molar-refractivity contribution in [2.45, 2.75) is 77.4 Å². The second-order valence-corrected chi connectivity index (χ2v) is 9.70. The maximum absolute atomic E-state index is 13.7. The van der Waals surface area contributed by atoms with Gasteiger partial charge in [0, 0.05) is 25.7 Å². The van der Waals surface area contributed by atoms with Crippen LogP contribution in [0.5, 0.6) is 0 Å². The first-order valence-electron chi connectivity index (χ1n) is 12.8. The van der Waals surface area contributed by atoms with Gasteiger partial charge >= 0.3 is 6.18 Å². The third kappa shape index (κ3) is 7.59. The van der Waals surface area contributed by atoms with E-state index in [0.717, 1.165) is 61.5 Å². The summed E-state index contributed by atoms with van der Waals surface area (Å²) in [5.74, 6) is 0.991. The van der Waals surface area contributed by atoms with Gasteiger partial charge in [-0.15, -0.1) is 15.3 Å². The highest BCUT2D eigenvalue weighted by Gasteiger charge is 2.34. The van der Waals surface area contributed by atoms with Crippen LogP contribution in [0.25, 0.3) is 0 Å². The van der Waals surface area contributed by atoms with Crippen molar-refractivity contribution in [3.63, 3.8) is 0 Å². The Morgan fingerprint density at radius 3 is 2.59 bits per heavy atom. The first-order valence-corrected chi connectivity index (χ1v) is 12.8. The second kappa shape index (κ2) is 12.3. The summed E-state index contributed by atoms with van der Waals surface area (Å²) in [7, 11) is 0. The Kier molecular flexibility index (Phi) is 8.88. The van der Waals surface area contributed by atoms with Gasteiger partial charge in [-0.3, -0.25) is 9.89 Å². The molecule has 0 aliphatic carbocycles. The van der Waals surface area contributed by atoms with E-state index in [1.165, 1.54) is 6.07 Å². The number of aromatic nitrogens is 7. The van der Waals surface area contributed by atoms with Gasteiger partial charge in [0.25, 0.3) is 0 Å². The van der Waals surface area contributed by atoms with Crippen LogP contribution in [0.4, 0.5) is 13.2 Å². The minimum atomic E-state index is -4.51. The molecule has 0 bridgehead atoms. The van der Waals surface area contributed by atoms with Gasteiger partial charge in [0.2, 0.25) is 5.91 Å². The van der Waals surface area contributed by atoms with Crippen molar-refractivity contribution >= 4 is 5.91 Å². The van der Waals surface area contributed by atoms with Crippen molar-refractivity contribution in [3.05, 3.63) is 52.6 Å². The molecule has 0 atom stereocenters. The second-order valence-electron chi connectivity index (χ2n) is 9.70.